The lowest BCUT2D eigenvalue weighted by Gasteiger charge is -2.14. The molecule has 0 atom stereocenters. The van der Waals surface area contributed by atoms with Crippen molar-refractivity contribution in [1.82, 2.24) is 5.32 Å². The summed E-state index contributed by atoms with van der Waals surface area (Å²) in [7, 11) is 0. The molecule has 2 nitrogen and oxygen atoms in total. The lowest BCUT2D eigenvalue weighted by Crippen LogP contribution is -2.23. The summed E-state index contributed by atoms with van der Waals surface area (Å²) in [5, 5.41) is 12.5. The van der Waals surface area contributed by atoms with Gasteiger partial charge in [0.2, 0.25) is 0 Å². The van der Waals surface area contributed by atoms with Crippen molar-refractivity contribution in [3.63, 3.8) is 0 Å². The number of aliphatic hydroxyl groups excluding tert-OH is 1. The molecular weight excluding hydrogens is 114 g/mol. The molecule has 1 aliphatic rings. The van der Waals surface area contributed by atoms with Gasteiger partial charge in [-0.1, -0.05) is 0 Å². The van der Waals surface area contributed by atoms with Crippen molar-refractivity contribution < 1.29 is 5.11 Å². The average Bonchev–Trinajstić information content (AvgIpc) is 1.79. The predicted molar refractivity (Wildman–Crippen MR) is 37.3 cm³/mol. The van der Waals surface area contributed by atoms with Gasteiger partial charge in [0, 0.05) is 0 Å². The van der Waals surface area contributed by atoms with Gasteiger partial charge in [-0.05, 0) is 38.8 Å². The highest BCUT2D eigenvalue weighted by Crippen LogP contribution is 2.05. The fraction of sp³-hybridized carbons (Fsp3) is 1.00. The van der Waals surface area contributed by atoms with Crippen LogP contribution in [0.15, 0.2) is 0 Å². The SMILES string of the molecule is OC1CCCNCCC1. The molecule has 54 valence electrons. The van der Waals surface area contributed by atoms with Crippen molar-refractivity contribution >= 4 is 0 Å². The summed E-state index contributed by atoms with van der Waals surface area (Å²) < 4.78 is 0. The molecule has 0 aliphatic carbocycles. The number of hydrogen-bond donors (Lipinski definition) is 2. The maximum absolute atomic E-state index is 9.19. The second kappa shape index (κ2) is 3.85. The first-order chi connectivity index (χ1) is 4.39. The van der Waals surface area contributed by atoms with E-state index in [1.165, 1.54) is 0 Å². The Balaban J connectivity index is 2.12. The Morgan fingerprint density at radius 1 is 1.11 bits per heavy atom. The molecule has 0 bridgehead atoms. The highest BCUT2D eigenvalue weighted by Gasteiger charge is 2.05. The Labute approximate surface area is 56.3 Å². The Bertz CT molecular complexity index is 67.3. The van der Waals surface area contributed by atoms with Crippen LogP contribution in [-0.4, -0.2) is 24.3 Å². The molecule has 1 fully saturated rings. The van der Waals surface area contributed by atoms with Gasteiger partial charge in [0.1, 0.15) is 0 Å². The Morgan fingerprint density at radius 2 is 1.67 bits per heavy atom. The van der Waals surface area contributed by atoms with Crippen LogP contribution in [0.2, 0.25) is 0 Å². The summed E-state index contributed by atoms with van der Waals surface area (Å²) in [6.07, 6.45) is 4.19. The highest BCUT2D eigenvalue weighted by molar-refractivity contribution is 4.62. The zero-order chi connectivity index (χ0) is 6.53. The van der Waals surface area contributed by atoms with Gasteiger partial charge in [-0.15, -0.1) is 0 Å². The van der Waals surface area contributed by atoms with Gasteiger partial charge in [0.05, 0.1) is 6.10 Å². The predicted octanol–water partition coefficient (Wildman–Crippen LogP) is 0.511. The quantitative estimate of drug-likeness (QED) is 0.499. The van der Waals surface area contributed by atoms with Gasteiger partial charge in [-0.2, -0.15) is 0 Å². The highest BCUT2D eigenvalue weighted by atomic mass is 16.3. The van der Waals surface area contributed by atoms with Crippen LogP contribution in [-0.2, 0) is 0 Å². The molecule has 0 spiro atoms. The number of rotatable bonds is 0. The zero-order valence-corrected chi connectivity index (χ0v) is 5.77. The van der Waals surface area contributed by atoms with E-state index in [4.69, 9.17) is 0 Å². The maximum Gasteiger partial charge on any atom is 0.0541 e. The van der Waals surface area contributed by atoms with E-state index < -0.39 is 0 Å². The smallest absolute Gasteiger partial charge is 0.0541 e. The van der Waals surface area contributed by atoms with E-state index in [-0.39, 0.29) is 6.10 Å². The third-order valence-electron chi connectivity index (χ3n) is 1.78. The van der Waals surface area contributed by atoms with E-state index in [2.05, 4.69) is 5.32 Å². The van der Waals surface area contributed by atoms with Crippen molar-refractivity contribution in [2.24, 2.45) is 0 Å². The first-order valence-corrected chi connectivity index (χ1v) is 3.78. The molecule has 0 amide bonds. The standard InChI is InChI=1S/C7H15NO/c9-7-3-1-5-8-6-2-4-7/h7-9H,1-6H2. The lowest BCUT2D eigenvalue weighted by molar-refractivity contribution is 0.144. The van der Waals surface area contributed by atoms with E-state index >= 15 is 0 Å². The van der Waals surface area contributed by atoms with E-state index in [0.717, 1.165) is 38.8 Å². The van der Waals surface area contributed by atoms with Crippen molar-refractivity contribution in [3.8, 4) is 0 Å². The first kappa shape index (κ1) is 7.03. The van der Waals surface area contributed by atoms with Crippen molar-refractivity contribution in [1.29, 1.82) is 0 Å². The fourth-order valence-corrected chi connectivity index (χ4v) is 1.19. The van der Waals surface area contributed by atoms with E-state index in [0.29, 0.717) is 0 Å². The van der Waals surface area contributed by atoms with Gasteiger partial charge in [-0.25, -0.2) is 0 Å². The molecule has 0 radical (unpaired) electrons. The van der Waals surface area contributed by atoms with Crippen molar-refractivity contribution in [2.75, 3.05) is 13.1 Å². The molecule has 1 saturated heterocycles. The first-order valence-electron chi connectivity index (χ1n) is 3.78. The monoisotopic (exact) mass is 129 g/mol. The minimum atomic E-state index is -0.0212. The molecule has 1 rings (SSSR count). The van der Waals surface area contributed by atoms with Crippen LogP contribution >= 0.6 is 0 Å². The summed E-state index contributed by atoms with van der Waals surface area (Å²) in [5.41, 5.74) is 0. The van der Waals surface area contributed by atoms with Crippen LogP contribution in [0.3, 0.4) is 0 Å². The van der Waals surface area contributed by atoms with Gasteiger partial charge >= 0.3 is 0 Å². The molecule has 0 aromatic rings. The molecule has 9 heavy (non-hydrogen) atoms. The third-order valence-corrected chi connectivity index (χ3v) is 1.78. The van der Waals surface area contributed by atoms with Crippen molar-refractivity contribution in [3.05, 3.63) is 0 Å². The largest absolute Gasteiger partial charge is 0.393 e. The second-order valence-electron chi connectivity index (χ2n) is 2.69. The minimum absolute atomic E-state index is 0.0212. The summed E-state index contributed by atoms with van der Waals surface area (Å²) in [5.74, 6) is 0. The maximum atomic E-state index is 9.19. The summed E-state index contributed by atoms with van der Waals surface area (Å²) in [4.78, 5) is 0. The lowest BCUT2D eigenvalue weighted by atomic mass is 10.1. The van der Waals surface area contributed by atoms with Gasteiger partial charge in [0.15, 0.2) is 0 Å². The number of nitrogens with one attached hydrogen (secondary N) is 1. The molecule has 0 saturated carbocycles. The summed E-state index contributed by atoms with van der Waals surface area (Å²) in [6, 6.07) is 0. The Morgan fingerprint density at radius 3 is 2.22 bits per heavy atom. The van der Waals surface area contributed by atoms with Gasteiger partial charge in [-0.3, -0.25) is 0 Å². The molecule has 0 aromatic heterocycles. The zero-order valence-electron chi connectivity index (χ0n) is 5.77. The molecule has 2 N–H and O–H groups in total. The van der Waals surface area contributed by atoms with E-state index in [9.17, 15) is 5.11 Å². The minimum Gasteiger partial charge on any atom is -0.393 e. The molecule has 0 aromatic carbocycles. The molecule has 0 unspecified atom stereocenters. The normalized spacial score (nSPS) is 25.0. The molecule has 1 heterocycles. The van der Waals surface area contributed by atoms with Crippen LogP contribution in [0.25, 0.3) is 0 Å². The van der Waals surface area contributed by atoms with Crippen molar-refractivity contribution in [2.45, 2.75) is 31.8 Å². The van der Waals surface area contributed by atoms with E-state index in [1.54, 1.807) is 0 Å². The average molecular weight is 129 g/mol. The van der Waals surface area contributed by atoms with Gasteiger partial charge in [0.25, 0.3) is 0 Å². The molecular formula is C7H15NO. The van der Waals surface area contributed by atoms with Crippen LogP contribution in [0.4, 0.5) is 0 Å². The fourth-order valence-electron chi connectivity index (χ4n) is 1.19. The Hall–Kier alpha value is -0.0800. The Kier molecular flexibility index (Phi) is 3.01. The van der Waals surface area contributed by atoms with Crippen LogP contribution < -0.4 is 5.32 Å². The van der Waals surface area contributed by atoms with Crippen LogP contribution in [0.1, 0.15) is 25.7 Å². The summed E-state index contributed by atoms with van der Waals surface area (Å²) in [6.45, 7) is 2.16. The number of hydrogen-bond acceptors (Lipinski definition) is 2. The molecule has 2 heteroatoms. The van der Waals surface area contributed by atoms with Gasteiger partial charge < -0.3 is 10.4 Å². The number of aliphatic hydroxyl groups is 1. The van der Waals surface area contributed by atoms with Crippen LogP contribution in [0, 0.1) is 0 Å². The molecule has 1 aliphatic heterocycles. The topological polar surface area (TPSA) is 32.3 Å². The van der Waals surface area contributed by atoms with E-state index in [1.807, 2.05) is 0 Å². The van der Waals surface area contributed by atoms with Crippen LogP contribution in [0.5, 0.6) is 0 Å². The third kappa shape index (κ3) is 2.82. The summed E-state index contributed by atoms with van der Waals surface area (Å²) >= 11 is 0. The second-order valence-corrected chi connectivity index (χ2v) is 2.69.